The molecule has 4 nitrogen and oxygen atoms in total. The summed E-state index contributed by atoms with van der Waals surface area (Å²) in [5.41, 5.74) is 5.05. The van der Waals surface area contributed by atoms with Crippen LogP contribution in [0.1, 0.15) is 22.6 Å². The molecule has 1 aromatic heterocycles. The maximum atomic E-state index is 12.7. The highest BCUT2D eigenvalue weighted by Gasteiger charge is 2.24. The minimum atomic E-state index is -0.335. The first-order valence-electron chi connectivity index (χ1n) is 9.92. The van der Waals surface area contributed by atoms with Gasteiger partial charge in [-0.05, 0) is 47.5 Å². The van der Waals surface area contributed by atoms with Crippen molar-refractivity contribution < 1.29 is 5.11 Å². The zero-order valence-corrected chi connectivity index (χ0v) is 17.3. The first kappa shape index (κ1) is 18.9. The van der Waals surface area contributed by atoms with Gasteiger partial charge in [-0.25, -0.2) is 0 Å². The van der Waals surface area contributed by atoms with Crippen LogP contribution in [0.4, 0.5) is 0 Å². The van der Waals surface area contributed by atoms with E-state index in [-0.39, 0.29) is 22.8 Å². The fourth-order valence-corrected chi connectivity index (χ4v) is 4.64. The van der Waals surface area contributed by atoms with E-state index < -0.39 is 0 Å². The highest BCUT2D eigenvalue weighted by atomic mass is 35.5. The van der Waals surface area contributed by atoms with E-state index in [1.54, 1.807) is 18.2 Å². The number of aromatic nitrogens is 1. The summed E-state index contributed by atoms with van der Waals surface area (Å²) in [4.78, 5) is 17.8. The van der Waals surface area contributed by atoms with Gasteiger partial charge >= 0.3 is 0 Å². The standard InChI is InChI=1S/C25H21ClN2O2/c1-28-13-17-4-2-3-5-19(17)21(14-28)15-6-8-16(9-7-15)23-24(29)20-11-10-18(26)12-22(20)27-25(23)30/h2-12,21H,13-14H2,1H3,(H2,27,29,30). The molecule has 0 spiro atoms. The number of fused-ring (bicyclic) bond motifs is 2. The van der Waals surface area contributed by atoms with Gasteiger partial charge in [0.1, 0.15) is 5.75 Å². The van der Waals surface area contributed by atoms with Crippen LogP contribution in [0.2, 0.25) is 5.02 Å². The fraction of sp³-hybridized carbons (Fsp3) is 0.160. The summed E-state index contributed by atoms with van der Waals surface area (Å²) in [6.07, 6.45) is 0. The summed E-state index contributed by atoms with van der Waals surface area (Å²) in [5, 5.41) is 11.9. The molecule has 2 heterocycles. The normalized spacial score (nSPS) is 16.5. The van der Waals surface area contributed by atoms with Crippen molar-refractivity contribution in [1.82, 2.24) is 9.88 Å². The van der Waals surface area contributed by atoms with Crippen LogP contribution in [0.5, 0.6) is 5.75 Å². The van der Waals surface area contributed by atoms with Crippen molar-refractivity contribution in [1.29, 1.82) is 0 Å². The van der Waals surface area contributed by atoms with Crippen LogP contribution in [-0.4, -0.2) is 28.6 Å². The van der Waals surface area contributed by atoms with Crippen molar-refractivity contribution in [3.63, 3.8) is 0 Å². The Morgan fingerprint density at radius 1 is 1.07 bits per heavy atom. The molecule has 0 aliphatic carbocycles. The number of H-pyrrole nitrogens is 1. The zero-order valence-electron chi connectivity index (χ0n) is 16.5. The molecule has 1 aliphatic rings. The molecular weight excluding hydrogens is 396 g/mol. The minimum Gasteiger partial charge on any atom is -0.506 e. The van der Waals surface area contributed by atoms with Gasteiger partial charge in [0.15, 0.2) is 0 Å². The van der Waals surface area contributed by atoms with Crippen LogP contribution in [-0.2, 0) is 6.54 Å². The Morgan fingerprint density at radius 2 is 1.83 bits per heavy atom. The molecule has 0 saturated heterocycles. The lowest BCUT2D eigenvalue weighted by Gasteiger charge is -2.32. The second-order valence-electron chi connectivity index (χ2n) is 7.94. The van der Waals surface area contributed by atoms with E-state index in [1.165, 1.54) is 16.7 Å². The molecule has 1 aliphatic heterocycles. The number of aromatic amines is 1. The summed E-state index contributed by atoms with van der Waals surface area (Å²) < 4.78 is 0. The van der Waals surface area contributed by atoms with Gasteiger partial charge in [0.05, 0.1) is 11.1 Å². The lowest BCUT2D eigenvalue weighted by molar-refractivity contribution is 0.295. The third kappa shape index (κ3) is 3.18. The number of nitrogens with one attached hydrogen (secondary N) is 1. The Labute approximate surface area is 179 Å². The van der Waals surface area contributed by atoms with Crippen LogP contribution in [0, 0.1) is 0 Å². The van der Waals surface area contributed by atoms with Crippen LogP contribution >= 0.6 is 11.6 Å². The highest BCUT2D eigenvalue weighted by molar-refractivity contribution is 6.31. The van der Waals surface area contributed by atoms with Gasteiger partial charge in [0.2, 0.25) is 0 Å². The number of benzene rings is 3. The van der Waals surface area contributed by atoms with Gasteiger partial charge in [-0.15, -0.1) is 0 Å². The number of hydrogen-bond donors (Lipinski definition) is 2. The van der Waals surface area contributed by atoms with Gasteiger partial charge in [0, 0.05) is 29.4 Å². The molecule has 150 valence electrons. The number of halogens is 1. The lowest BCUT2D eigenvalue weighted by atomic mass is 9.84. The molecule has 0 radical (unpaired) electrons. The zero-order chi connectivity index (χ0) is 20.8. The summed E-state index contributed by atoms with van der Waals surface area (Å²) in [6, 6.07) is 21.6. The van der Waals surface area contributed by atoms with E-state index in [2.05, 4.69) is 53.3 Å². The average Bonchev–Trinajstić information content (AvgIpc) is 2.73. The number of hydrogen-bond acceptors (Lipinski definition) is 3. The van der Waals surface area contributed by atoms with Crippen LogP contribution < -0.4 is 5.56 Å². The molecule has 1 unspecified atom stereocenters. The summed E-state index contributed by atoms with van der Waals surface area (Å²) in [5.74, 6) is 0.250. The predicted octanol–water partition coefficient (Wildman–Crippen LogP) is 5.13. The number of pyridine rings is 1. The van der Waals surface area contributed by atoms with E-state index in [0.29, 0.717) is 21.5 Å². The van der Waals surface area contributed by atoms with Crippen LogP contribution in [0.15, 0.2) is 71.5 Å². The predicted molar refractivity (Wildman–Crippen MR) is 121 cm³/mol. The van der Waals surface area contributed by atoms with Gasteiger partial charge in [-0.2, -0.15) is 0 Å². The molecule has 3 aromatic carbocycles. The molecule has 5 rings (SSSR count). The maximum Gasteiger partial charge on any atom is 0.260 e. The molecule has 0 bridgehead atoms. The smallest absolute Gasteiger partial charge is 0.260 e. The number of likely N-dealkylation sites (N-methyl/N-ethyl adjacent to an activating group) is 1. The number of nitrogens with zero attached hydrogens (tertiary/aromatic N) is 1. The first-order chi connectivity index (χ1) is 14.5. The van der Waals surface area contributed by atoms with Gasteiger partial charge in [-0.3, -0.25) is 4.79 Å². The molecule has 0 fully saturated rings. The quantitative estimate of drug-likeness (QED) is 0.476. The Balaban J connectivity index is 1.57. The summed E-state index contributed by atoms with van der Waals surface area (Å²) in [7, 11) is 2.14. The van der Waals surface area contributed by atoms with Crippen LogP contribution in [0.3, 0.4) is 0 Å². The monoisotopic (exact) mass is 416 g/mol. The third-order valence-electron chi connectivity index (χ3n) is 5.92. The minimum absolute atomic E-state index is 0.0269. The molecule has 0 amide bonds. The van der Waals surface area contributed by atoms with Gasteiger partial charge < -0.3 is 15.0 Å². The van der Waals surface area contributed by atoms with Crippen molar-refractivity contribution in [2.75, 3.05) is 13.6 Å². The fourth-order valence-electron chi connectivity index (χ4n) is 4.47. The van der Waals surface area contributed by atoms with E-state index >= 15 is 0 Å². The largest absolute Gasteiger partial charge is 0.506 e. The Hall–Kier alpha value is -3.08. The van der Waals surface area contributed by atoms with E-state index in [9.17, 15) is 9.90 Å². The Kier molecular flexibility index (Phi) is 4.61. The van der Waals surface area contributed by atoms with Crippen molar-refractivity contribution in [3.05, 3.63) is 98.8 Å². The molecule has 0 saturated carbocycles. The van der Waals surface area contributed by atoms with E-state index in [1.807, 2.05) is 12.1 Å². The van der Waals surface area contributed by atoms with Crippen molar-refractivity contribution in [3.8, 4) is 16.9 Å². The van der Waals surface area contributed by atoms with Crippen molar-refractivity contribution >= 4 is 22.5 Å². The molecule has 1 atom stereocenters. The topological polar surface area (TPSA) is 56.3 Å². The van der Waals surface area contributed by atoms with E-state index in [0.717, 1.165) is 13.1 Å². The van der Waals surface area contributed by atoms with Crippen molar-refractivity contribution in [2.24, 2.45) is 0 Å². The van der Waals surface area contributed by atoms with Crippen LogP contribution in [0.25, 0.3) is 22.0 Å². The first-order valence-corrected chi connectivity index (χ1v) is 10.3. The molecule has 4 aromatic rings. The lowest BCUT2D eigenvalue weighted by Crippen LogP contribution is -2.30. The summed E-state index contributed by atoms with van der Waals surface area (Å²) >= 11 is 6.01. The van der Waals surface area contributed by atoms with Gasteiger partial charge in [-0.1, -0.05) is 60.1 Å². The maximum absolute atomic E-state index is 12.7. The average molecular weight is 417 g/mol. The molecule has 2 N–H and O–H groups in total. The third-order valence-corrected chi connectivity index (χ3v) is 6.15. The Morgan fingerprint density at radius 3 is 2.63 bits per heavy atom. The van der Waals surface area contributed by atoms with Crippen molar-refractivity contribution in [2.45, 2.75) is 12.5 Å². The molecule has 5 heteroatoms. The second-order valence-corrected chi connectivity index (χ2v) is 8.37. The second kappa shape index (κ2) is 7.31. The summed E-state index contributed by atoms with van der Waals surface area (Å²) in [6.45, 7) is 1.90. The Bertz CT molecular complexity index is 1310. The highest BCUT2D eigenvalue weighted by Crippen LogP contribution is 2.36. The molecular formula is C25H21ClN2O2. The number of rotatable bonds is 2. The molecule has 30 heavy (non-hydrogen) atoms. The van der Waals surface area contributed by atoms with Gasteiger partial charge in [0.25, 0.3) is 5.56 Å². The SMILES string of the molecule is CN1Cc2ccccc2C(c2ccc(-c3c(O)c4ccc(Cl)cc4[nH]c3=O)cc2)C1. The van der Waals surface area contributed by atoms with E-state index in [4.69, 9.17) is 11.6 Å². The number of aromatic hydroxyl groups is 1.